The van der Waals surface area contributed by atoms with Gasteiger partial charge in [-0.1, -0.05) is 35.0 Å². The van der Waals surface area contributed by atoms with E-state index >= 15 is 0 Å². The lowest BCUT2D eigenvalue weighted by Gasteiger charge is -2.34. The predicted octanol–water partition coefficient (Wildman–Crippen LogP) is 2.77. The van der Waals surface area contributed by atoms with E-state index in [-0.39, 0.29) is 18.4 Å². The van der Waals surface area contributed by atoms with Crippen molar-refractivity contribution in [2.45, 2.75) is 19.8 Å². The molecule has 3 heterocycles. The molecule has 1 saturated heterocycles. The molecular formula is C25H27N5O4. The Morgan fingerprint density at radius 3 is 2.68 bits per heavy atom. The van der Waals surface area contributed by atoms with Crippen LogP contribution in [0.5, 0.6) is 5.75 Å². The fraction of sp³-hybridized carbons (Fsp3) is 0.360. The van der Waals surface area contributed by atoms with E-state index in [4.69, 9.17) is 9.26 Å². The topological polar surface area (TPSA) is 101 Å². The average Bonchev–Trinajstić information content (AvgIpc) is 3.33. The van der Waals surface area contributed by atoms with Crippen LogP contribution in [0.2, 0.25) is 0 Å². The van der Waals surface area contributed by atoms with Crippen molar-refractivity contribution in [2.24, 2.45) is 0 Å². The van der Waals surface area contributed by atoms with Crippen LogP contribution in [0.3, 0.4) is 0 Å². The molecule has 9 heteroatoms. The van der Waals surface area contributed by atoms with Gasteiger partial charge >= 0.3 is 0 Å². The molecule has 0 bridgehead atoms. The molecule has 0 unspecified atom stereocenters. The molecule has 3 aromatic rings. The van der Waals surface area contributed by atoms with Crippen LogP contribution in [0.4, 0.5) is 5.69 Å². The van der Waals surface area contributed by atoms with E-state index in [9.17, 15) is 9.59 Å². The molecule has 0 aliphatic carbocycles. The zero-order valence-electron chi connectivity index (χ0n) is 19.1. The number of nitrogens with one attached hydrogen (secondary N) is 1. The van der Waals surface area contributed by atoms with Crippen LogP contribution >= 0.6 is 0 Å². The van der Waals surface area contributed by atoms with Crippen molar-refractivity contribution in [3.05, 3.63) is 59.5 Å². The van der Waals surface area contributed by atoms with Crippen LogP contribution in [-0.4, -0.2) is 71.1 Å². The fourth-order valence-corrected chi connectivity index (χ4v) is 4.20. The van der Waals surface area contributed by atoms with Crippen LogP contribution in [0, 0.1) is 6.92 Å². The minimum atomic E-state index is -0.211. The number of rotatable bonds is 6. The highest BCUT2D eigenvalue weighted by atomic mass is 16.5. The van der Waals surface area contributed by atoms with Crippen LogP contribution in [0.1, 0.15) is 28.2 Å². The molecule has 0 spiro atoms. The van der Waals surface area contributed by atoms with Gasteiger partial charge in [-0.3, -0.25) is 14.5 Å². The Morgan fingerprint density at radius 1 is 1.09 bits per heavy atom. The number of benzene rings is 2. The summed E-state index contributed by atoms with van der Waals surface area (Å²) in [7, 11) is 0. The number of hydrogen-bond donors (Lipinski definition) is 1. The van der Waals surface area contributed by atoms with Crippen molar-refractivity contribution in [3.8, 4) is 17.1 Å². The molecule has 0 atom stereocenters. The molecule has 2 aromatic carbocycles. The Bertz CT molecular complexity index is 1180. The van der Waals surface area contributed by atoms with E-state index in [1.165, 1.54) is 5.56 Å². The summed E-state index contributed by atoms with van der Waals surface area (Å²) in [6.45, 7) is 5.91. The highest BCUT2D eigenvalue weighted by molar-refractivity contribution is 5.99. The summed E-state index contributed by atoms with van der Waals surface area (Å²) in [5, 5.41) is 6.85. The van der Waals surface area contributed by atoms with Gasteiger partial charge in [0.1, 0.15) is 5.75 Å². The molecule has 1 N–H and O–H groups in total. The lowest BCUT2D eigenvalue weighted by atomic mass is 10.1. The normalized spacial score (nSPS) is 16.0. The van der Waals surface area contributed by atoms with E-state index < -0.39 is 0 Å². The summed E-state index contributed by atoms with van der Waals surface area (Å²) in [5.41, 5.74) is 3.25. The quantitative estimate of drug-likeness (QED) is 0.602. The number of carbonyl (C=O) groups is 2. The second-order valence-corrected chi connectivity index (χ2v) is 8.66. The van der Waals surface area contributed by atoms with Crippen molar-refractivity contribution in [1.82, 2.24) is 19.9 Å². The number of aryl methyl sites for hydroxylation is 2. The highest BCUT2D eigenvalue weighted by Crippen LogP contribution is 2.29. The number of anilines is 1. The van der Waals surface area contributed by atoms with Gasteiger partial charge < -0.3 is 19.5 Å². The molecule has 0 saturated carbocycles. The maximum absolute atomic E-state index is 12.9. The number of ether oxygens (including phenoxy) is 1. The smallest absolute Gasteiger partial charge is 0.262 e. The Hall–Kier alpha value is -3.72. The molecular weight excluding hydrogens is 434 g/mol. The van der Waals surface area contributed by atoms with Crippen molar-refractivity contribution >= 4 is 17.5 Å². The first-order valence-electron chi connectivity index (χ1n) is 11.5. The van der Waals surface area contributed by atoms with Crippen molar-refractivity contribution in [2.75, 3.05) is 44.6 Å². The predicted molar refractivity (Wildman–Crippen MR) is 126 cm³/mol. The zero-order chi connectivity index (χ0) is 23.5. The number of nitrogens with zero attached hydrogens (tertiary/aromatic N) is 4. The summed E-state index contributed by atoms with van der Waals surface area (Å²) in [6.07, 6.45) is 1.63. The molecule has 1 fully saturated rings. The number of hydrogen-bond acceptors (Lipinski definition) is 7. The molecule has 2 aliphatic heterocycles. The molecule has 34 heavy (non-hydrogen) atoms. The van der Waals surface area contributed by atoms with E-state index in [1.807, 2.05) is 36.1 Å². The third kappa shape index (κ3) is 4.94. The van der Waals surface area contributed by atoms with Gasteiger partial charge in [0.05, 0.1) is 5.69 Å². The lowest BCUT2D eigenvalue weighted by Crippen LogP contribution is -2.48. The van der Waals surface area contributed by atoms with Gasteiger partial charge in [-0.05, 0) is 38.1 Å². The second kappa shape index (κ2) is 9.64. The number of fused-ring (bicyclic) bond motifs is 1. The lowest BCUT2D eigenvalue weighted by molar-refractivity contribution is -0.118. The SMILES string of the molecule is Cc1ccc(-c2noc(CCCN3CCN(C(=O)c4ccc5c(c4)NC(=O)CO5)CC3)n2)cc1. The monoisotopic (exact) mass is 461 g/mol. The van der Waals surface area contributed by atoms with E-state index in [1.54, 1.807) is 18.2 Å². The van der Waals surface area contributed by atoms with E-state index in [0.717, 1.165) is 38.0 Å². The summed E-state index contributed by atoms with van der Waals surface area (Å²) >= 11 is 0. The highest BCUT2D eigenvalue weighted by Gasteiger charge is 2.24. The molecule has 0 radical (unpaired) electrons. The van der Waals surface area contributed by atoms with Crippen LogP contribution < -0.4 is 10.1 Å². The maximum Gasteiger partial charge on any atom is 0.262 e. The van der Waals surface area contributed by atoms with Crippen molar-refractivity contribution in [1.29, 1.82) is 0 Å². The van der Waals surface area contributed by atoms with E-state index in [2.05, 4.69) is 20.4 Å². The Kier molecular flexibility index (Phi) is 6.27. The van der Waals surface area contributed by atoms with Gasteiger partial charge in [0.15, 0.2) is 6.61 Å². The summed E-state index contributed by atoms with van der Waals surface area (Å²) in [4.78, 5) is 33.2. The number of carbonyl (C=O) groups excluding carboxylic acids is 2. The molecule has 9 nitrogen and oxygen atoms in total. The second-order valence-electron chi connectivity index (χ2n) is 8.66. The fourth-order valence-electron chi connectivity index (χ4n) is 4.20. The summed E-state index contributed by atoms with van der Waals surface area (Å²) in [6, 6.07) is 13.2. The zero-order valence-corrected chi connectivity index (χ0v) is 19.1. The van der Waals surface area contributed by atoms with Gasteiger partial charge in [0, 0.05) is 43.7 Å². The first-order valence-corrected chi connectivity index (χ1v) is 11.5. The minimum Gasteiger partial charge on any atom is -0.482 e. The molecule has 176 valence electrons. The van der Waals surface area contributed by atoms with Gasteiger partial charge in [0.2, 0.25) is 11.7 Å². The van der Waals surface area contributed by atoms with Gasteiger partial charge in [-0.2, -0.15) is 4.98 Å². The van der Waals surface area contributed by atoms with Crippen LogP contribution in [-0.2, 0) is 11.2 Å². The average molecular weight is 462 g/mol. The number of aromatic nitrogens is 2. The number of amides is 2. The third-order valence-electron chi connectivity index (χ3n) is 6.16. The molecule has 5 rings (SSSR count). The summed E-state index contributed by atoms with van der Waals surface area (Å²) in [5.74, 6) is 1.62. The minimum absolute atomic E-state index is 0.00264. The Morgan fingerprint density at radius 2 is 1.88 bits per heavy atom. The Labute approximate surface area is 197 Å². The molecule has 1 aromatic heterocycles. The largest absolute Gasteiger partial charge is 0.482 e. The first kappa shape index (κ1) is 22.1. The molecule has 2 amide bonds. The Balaban J connectivity index is 1.08. The van der Waals surface area contributed by atoms with Gasteiger partial charge in [-0.25, -0.2) is 0 Å². The van der Waals surface area contributed by atoms with Crippen LogP contribution in [0.15, 0.2) is 47.0 Å². The van der Waals surface area contributed by atoms with Gasteiger partial charge in [-0.15, -0.1) is 0 Å². The first-order chi connectivity index (χ1) is 16.5. The van der Waals surface area contributed by atoms with Gasteiger partial charge in [0.25, 0.3) is 11.8 Å². The molecule has 2 aliphatic rings. The van der Waals surface area contributed by atoms with Crippen molar-refractivity contribution in [3.63, 3.8) is 0 Å². The maximum atomic E-state index is 12.9. The number of piperazine rings is 1. The third-order valence-corrected chi connectivity index (χ3v) is 6.16. The van der Waals surface area contributed by atoms with E-state index in [0.29, 0.717) is 41.8 Å². The summed E-state index contributed by atoms with van der Waals surface area (Å²) < 4.78 is 10.8. The standard InChI is InChI=1S/C25H27N5O4/c1-17-4-6-18(7-5-17)24-27-23(34-28-24)3-2-10-29-11-13-30(14-12-29)25(32)19-8-9-21-20(15-19)26-22(31)16-33-21/h4-9,15H,2-3,10-14,16H2,1H3,(H,26,31). The van der Waals surface area contributed by atoms with Crippen LogP contribution in [0.25, 0.3) is 11.4 Å². The van der Waals surface area contributed by atoms with Crippen molar-refractivity contribution < 1.29 is 18.8 Å².